The van der Waals surface area contributed by atoms with E-state index in [2.05, 4.69) is 64.8 Å². The average Bonchev–Trinajstić information content (AvgIpc) is 3.25. The third-order valence-corrected chi connectivity index (χ3v) is 6.30. The molecule has 0 radical (unpaired) electrons. The molecule has 1 N–H and O–H groups in total. The molecule has 0 saturated carbocycles. The molecule has 29 heavy (non-hydrogen) atoms. The molecule has 2 saturated heterocycles. The number of halogens is 2. The van der Waals surface area contributed by atoms with E-state index in [1.165, 1.54) is 50.1 Å². The summed E-state index contributed by atoms with van der Waals surface area (Å²) in [4.78, 5) is 2.64. The van der Waals surface area contributed by atoms with Gasteiger partial charge in [-0.2, -0.15) is 0 Å². The standard InChI is InChI=1S/C24H30N2O.2ClH/c1-27-23-11-9-21(10-12-23)8-5-15-26-17-22-16-25-18-24(22,19-26)14-13-20-6-3-2-4-7-20;;/h2-12,22,25H,13-19H2,1H3;2*1H. The Kier molecular flexibility index (Phi) is 9.04. The monoisotopic (exact) mass is 434 g/mol. The second kappa shape index (κ2) is 11.0. The van der Waals surface area contributed by atoms with Crippen LogP contribution in [0.25, 0.3) is 6.08 Å². The van der Waals surface area contributed by atoms with Crippen LogP contribution in [0.5, 0.6) is 5.75 Å². The van der Waals surface area contributed by atoms with Crippen LogP contribution < -0.4 is 10.1 Å². The van der Waals surface area contributed by atoms with E-state index < -0.39 is 0 Å². The Balaban J connectivity index is 0.00000150. The molecule has 2 aromatic rings. The second-order valence-corrected chi connectivity index (χ2v) is 8.05. The summed E-state index contributed by atoms with van der Waals surface area (Å²) in [6, 6.07) is 19.2. The Hall–Kier alpha value is -1.52. The van der Waals surface area contributed by atoms with Crippen LogP contribution >= 0.6 is 24.8 Å². The molecule has 2 aliphatic rings. The number of methoxy groups -OCH3 is 1. The van der Waals surface area contributed by atoms with E-state index in [9.17, 15) is 0 Å². The Labute approximate surface area is 187 Å². The van der Waals surface area contributed by atoms with Crippen molar-refractivity contribution in [2.24, 2.45) is 11.3 Å². The van der Waals surface area contributed by atoms with Crippen LogP contribution in [0, 0.1) is 11.3 Å². The van der Waals surface area contributed by atoms with Crippen molar-refractivity contribution >= 4 is 30.9 Å². The van der Waals surface area contributed by atoms with Crippen molar-refractivity contribution in [3.63, 3.8) is 0 Å². The maximum absolute atomic E-state index is 5.23. The Bertz CT molecular complexity index is 766. The zero-order chi connectivity index (χ0) is 18.5. The van der Waals surface area contributed by atoms with Gasteiger partial charge in [0.1, 0.15) is 5.75 Å². The van der Waals surface area contributed by atoms with Crippen molar-refractivity contribution in [1.82, 2.24) is 10.2 Å². The molecule has 2 heterocycles. The van der Waals surface area contributed by atoms with Crippen LogP contribution in [0.2, 0.25) is 0 Å². The highest BCUT2D eigenvalue weighted by Crippen LogP contribution is 2.42. The van der Waals surface area contributed by atoms with Crippen molar-refractivity contribution in [2.45, 2.75) is 12.8 Å². The normalized spacial score (nSPS) is 23.4. The number of hydrogen-bond donors (Lipinski definition) is 1. The van der Waals surface area contributed by atoms with Gasteiger partial charge in [0.25, 0.3) is 0 Å². The van der Waals surface area contributed by atoms with Gasteiger partial charge in [0.15, 0.2) is 0 Å². The first-order valence-corrected chi connectivity index (χ1v) is 10.0. The predicted octanol–water partition coefficient (Wildman–Crippen LogP) is 4.71. The summed E-state index contributed by atoms with van der Waals surface area (Å²) in [6.07, 6.45) is 7.01. The number of benzene rings is 2. The fourth-order valence-corrected chi connectivity index (χ4v) is 4.72. The number of hydrogen-bond acceptors (Lipinski definition) is 3. The summed E-state index contributed by atoms with van der Waals surface area (Å²) in [5.41, 5.74) is 3.15. The van der Waals surface area contributed by atoms with Gasteiger partial charge in [0.05, 0.1) is 7.11 Å². The topological polar surface area (TPSA) is 24.5 Å². The average molecular weight is 435 g/mol. The number of nitrogens with zero attached hydrogens (tertiary/aromatic N) is 1. The number of rotatable bonds is 7. The van der Waals surface area contributed by atoms with Gasteiger partial charge in [0, 0.05) is 31.6 Å². The van der Waals surface area contributed by atoms with Crippen LogP contribution in [0.1, 0.15) is 17.5 Å². The number of ether oxygens (including phenoxy) is 1. The number of likely N-dealkylation sites (tertiary alicyclic amines) is 1. The maximum Gasteiger partial charge on any atom is 0.118 e. The van der Waals surface area contributed by atoms with Crippen molar-refractivity contribution < 1.29 is 4.74 Å². The van der Waals surface area contributed by atoms with Gasteiger partial charge >= 0.3 is 0 Å². The molecular weight excluding hydrogens is 403 g/mol. The first kappa shape index (κ1) is 23.8. The molecule has 0 bridgehead atoms. The van der Waals surface area contributed by atoms with Crippen LogP contribution in [-0.4, -0.2) is 44.7 Å². The number of aryl methyl sites for hydroxylation is 1. The van der Waals surface area contributed by atoms with E-state index in [1.54, 1.807) is 7.11 Å². The first-order valence-electron chi connectivity index (χ1n) is 10.0. The zero-order valence-corrected chi connectivity index (χ0v) is 18.7. The minimum Gasteiger partial charge on any atom is -0.497 e. The van der Waals surface area contributed by atoms with Gasteiger partial charge in [0.2, 0.25) is 0 Å². The zero-order valence-electron chi connectivity index (χ0n) is 17.0. The largest absolute Gasteiger partial charge is 0.497 e. The molecule has 2 atom stereocenters. The molecule has 3 nitrogen and oxygen atoms in total. The molecule has 4 rings (SSSR count). The lowest BCUT2D eigenvalue weighted by Crippen LogP contribution is -2.33. The molecular formula is C24H32Cl2N2O. The van der Waals surface area contributed by atoms with Crippen LogP contribution in [0.4, 0.5) is 0 Å². The second-order valence-electron chi connectivity index (χ2n) is 8.05. The van der Waals surface area contributed by atoms with Gasteiger partial charge in [-0.1, -0.05) is 54.6 Å². The molecule has 0 spiro atoms. The van der Waals surface area contributed by atoms with Crippen molar-refractivity contribution in [3.8, 4) is 5.75 Å². The van der Waals surface area contributed by atoms with Gasteiger partial charge in [-0.25, -0.2) is 0 Å². The summed E-state index contributed by atoms with van der Waals surface area (Å²) >= 11 is 0. The van der Waals surface area contributed by atoms with E-state index in [0.717, 1.165) is 18.2 Å². The van der Waals surface area contributed by atoms with Gasteiger partial charge in [-0.15, -0.1) is 24.8 Å². The molecule has 0 aromatic heterocycles. The molecule has 2 aromatic carbocycles. The Morgan fingerprint density at radius 1 is 1.10 bits per heavy atom. The van der Waals surface area contributed by atoms with Crippen molar-refractivity contribution in [3.05, 3.63) is 71.8 Å². The van der Waals surface area contributed by atoms with Gasteiger partial charge in [-0.3, -0.25) is 4.90 Å². The maximum atomic E-state index is 5.23. The molecule has 0 aliphatic carbocycles. The molecule has 158 valence electrons. The van der Waals surface area contributed by atoms with Crippen molar-refractivity contribution in [2.75, 3.05) is 39.8 Å². The van der Waals surface area contributed by atoms with E-state index in [-0.39, 0.29) is 24.8 Å². The highest BCUT2D eigenvalue weighted by molar-refractivity contribution is 5.85. The molecule has 2 aliphatic heterocycles. The first-order chi connectivity index (χ1) is 13.3. The number of nitrogens with one attached hydrogen (secondary N) is 1. The molecule has 0 amide bonds. The summed E-state index contributed by atoms with van der Waals surface area (Å²) in [6.45, 7) is 5.81. The highest BCUT2D eigenvalue weighted by atomic mass is 35.5. The minimum absolute atomic E-state index is 0. The SMILES string of the molecule is COc1ccc(C=CCN2CC3CNCC3(CCc3ccccc3)C2)cc1.Cl.Cl. The van der Waals surface area contributed by atoms with Gasteiger partial charge < -0.3 is 10.1 Å². The quantitative estimate of drug-likeness (QED) is 0.682. The summed E-state index contributed by atoms with van der Waals surface area (Å²) in [7, 11) is 1.71. The Morgan fingerprint density at radius 2 is 1.86 bits per heavy atom. The van der Waals surface area contributed by atoms with Crippen LogP contribution in [-0.2, 0) is 6.42 Å². The third kappa shape index (κ3) is 5.76. The summed E-state index contributed by atoms with van der Waals surface area (Å²) in [5, 5.41) is 3.66. The molecule has 2 fully saturated rings. The summed E-state index contributed by atoms with van der Waals surface area (Å²) < 4.78 is 5.23. The van der Waals surface area contributed by atoms with E-state index in [1.807, 2.05) is 12.1 Å². The van der Waals surface area contributed by atoms with E-state index in [0.29, 0.717) is 5.41 Å². The lowest BCUT2D eigenvalue weighted by Gasteiger charge is -2.28. The van der Waals surface area contributed by atoms with Crippen molar-refractivity contribution in [1.29, 1.82) is 0 Å². The Morgan fingerprint density at radius 3 is 2.59 bits per heavy atom. The summed E-state index contributed by atoms with van der Waals surface area (Å²) in [5.74, 6) is 1.70. The van der Waals surface area contributed by atoms with Gasteiger partial charge in [-0.05, 0) is 48.6 Å². The van der Waals surface area contributed by atoms with Crippen LogP contribution in [0.15, 0.2) is 60.7 Å². The molecule has 2 unspecified atom stereocenters. The lowest BCUT2D eigenvalue weighted by molar-refractivity contribution is 0.249. The fraction of sp³-hybridized carbons (Fsp3) is 0.417. The highest BCUT2D eigenvalue weighted by Gasteiger charge is 2.48. The predicted molar refractivity (Wildman–Crippen MR) is 127 cm³/mol. The fourth-order valence-electron chi connectivity index (χ4n) is 4.72. The number of fused-ring (bicyclic) bond motifs is 1. The molecule has 5 heteroatoms. The van der Waals surface area contributed by atoms with Crippen LogP contribution in [0.3, 0.4) is 0 Å². The van der Waals surface area contributed by atoms with E-state index >= 15 is 0 Å². The van der Waals surface area contributed by atoms with E-state index in [4.69, 9.17) is 4.74 Å². The minimum atomic E-state index is 0. The lowest BCUT2D eigenvalue weighted by atomic mass is 9.76. The third-order valence-electron chi connectivity index (χ3n) is 6.30. The smallest absolute Gasteiger partial charge is 0.118 e.